The van der Waals surface area contributed by atoms with Gasteiger partial charge in [-0.2, -0.15) is 0 Å². The maximum absolute atomic E-state index is 6.23. The van der Waals surface area contributed by atoms with Gasteiger partial charge in [0.05, 0.1) is 0 Å². The zero-order valence-corrected chi connectivity index (χ0v) is 14.7. The van der Waals surface area contributed by atoms with E-state index in [1.165, 1.54) is 19.3 Å². The molecular weight excluding hydrogens is 242 g/mol. The van der Waals surface area contributed by atoms with Gasteiger partial charge in [-0.1, -0.05) is 60.1 Å². The fourth-order valence-corrected chi connectivity index (χ4v) is 5.20. The first-order valence-electron chi connectivity index (χ1n) is 8.41. The Morgan fingerprint density at radius 2 is 1.70 bits per heavy atom. The first kappa shape index (κ1) is 16.1. The molecule has 2 aliphatic carbocycles. The highest BCUT2D eigenvalue weighted by Crippen LogP contribution is 2.61. The van der Waals surface area contributed by atoms with Crippen LogP contribution in [0.3, 0.4) is 0 Å². The zero-order valence-electron chi connectivity index (χ0n) is 14.7. The van der Waals surface area contributed by atoms with Crippen molar-refractivity contribution in [3.63, 3.8) is 0 Å². The molecule has 0 heterocycles. The summed E-state index contributed by atoms with van der Waals surface area (Å²) in [4.78, 5) is 0. The second-order valence-electron chi connectivity index (χ2n) is 9.70. The first-order valence-corrected chi connectivity index (χ1v) is 8.41. The van der Waals surface area contributed by atoms with Crippen LogP contribution in [0.25, 0.3) is 0 Å². The third-order valence-electron chi connectivity index (χ3n) is 6.00. The average Bonchev–Trinajstić information content (AvgIpc) is 2.25. The van der Waals surface area contributed by atoms with E-state index in [9.17, 15) is 0 Å². The summed E-state index contributed by atoms with van der Waals surface area (Å²) in [6.45, 7) is 17.1. The molecule has 0 aromatic heterocycles. The highest BCUT2D eigenvalue weighted by Gasteiger charge is 2.53. The molecule has 20 heavy (non-hydrogen) atoms. The monoisotopic (exact) mass is 277 g/mol. The van der Waals surface area contributed by atoms with E-state index in [2.05, 4.69) is 54.5 Å². The van der Waals surface area contributed by atoms with Gasteiger partial charge in [-0.15, -0.1) is 0 Å². The Bertz CT molecular complexity index is 393. The minimum atomic E-state index is 0.355. The Morgan fingerprint density at radius 1 is 1.10 bits per heavy atom. The van der Waals surface area contributed by atoms with E-state index in [1.54, 1.807) is 5.57 Å². The predicted octanol–water partition coefficient (Wildman–Crippen LogP) is 5.16. The van der Waals surface area contributed by atoms with Crippen LogP contribution in [0, 0.1) is 28.1 Å². The van der Waals surface area contributed by atoms with Gasteiger partial charge in [0.2, 0.25) is 0 Å². The first-order chi connectivity index (χ1) is 8.96. The molecule has 0 radical (unpaired) electrons. The number of hydrogen-bond acceptors (Lipinski definition) is 1. The topological polar surface area (TPSA) is 26.0 Å². The lowest BCUT2D eigenvalue weighted by atomic mass is 9.47. The molecule has 0 bridgehead atoms. The largest absolute Gasteiger partial charge is 0.327 e. The Hall–Kier alpha value is -0.300. The van der Waals surface area contributed by atoms with E-state index in [0.29, 0.717) is 22.3 Å². The van der Waals surface area contributed by atoms with Crippen LogP contribution in [0.4, 0.5) is 0 Å². The molecular formula is C19H35N. The highest BCUT2D eigenvalue weighted by atomic mass is 14.7. The van der Waals surface area contributed by atoms with Crippen LogP contribution in [0.1, 0.15) is 74.1 Å². The molecule has 1 saturated carbocycles. The second-order valence-corrected chi connectivity index (χ2v) is 9.70. The third-order valence-corrected chi connectivity index (χ3v) is 6.00. The molecule has 2 rings (SSSR count). The van der Waals surface area contributed by atoms with Crippen molar-refractivity contribution in [2.75, 3.05) is 0 Å². The number of hydrogen-bond donors (Lipinski definition) is 1. The van der Waals surface area contributed by atoms with Crippen molar-refractivity contribution in [2.24, 2.45) is 33.8 Å². The van der Waals surface area contributed by atoms with Gasteiger partial charge in [0, 0.05) is 6.04 Å². The molecule has 0 aromatic carbocycles. The summed E-state index contributed by atoms with van der Waals surface area (Å²) < 4.78 is 0. The van der Waals surface area contributed by atoms with Crippen molar-refractivity contribution in [2.45, 2.75) is 80.2 Å². The van der Waals surface area contributed by atoms with Crippen LogP contribution in [0.15, 0.2) is 11.6 Å². The maximum atomic E-state index is 6.23. The zero-order chi connectivity index (χ0) is 15.3. The smallest absolute Gasteiger partial charge is 0.00766 e. The lowest BCUT2D eigenvalue weighted by Crippen LogP contribution is -2.51. The molecule has 0 spiro atoms. The van der Waals surface area contributed by atoms with E-state index in [-0.39, 0.29) is 0 Å². The summed E-state index contributed by atoms with van der Waals surface area (Å²) in [6, 6.07) is 0.390. The lowest BCUT2D eigenvalue weighted by Gasteiger charge is -2.58. The van der Waals surface area contributed by atoms with Crippen LogP contribution >= 0.6 is 0 Å². The molecule has 0 amide bonds. The highest BCUT2D eigenvalue weighted by molar-refractivity contribution is 5.25. The summed E-state index contributed by atoms with van der Waals surface area (Å²) >= 11 is 0. The Labute approximate surface area is 126 Å². The molecule has 1 heteroatoms. The third kappa shape index (κ3) is 2.71. The summed E-state index contributed by atoms with van der Waals surface area (Å²) in [5.74, 6) is 1.52. The van der Waals surface area contributed by atoms with Gasteiger partial charge >= 0.3 is 0 Å². The van der Waals surface area contributed by atoms with Gasteiger partial charge in [-0.3, -0.25) is 0 Å². The summed E-state index contributed by atoms with van der Waals surface area (Å²) in [6.07, 6.45) is 7.38. The lowest BCUT2D eigenvalue weighted by molar-refractivity contribution is -0.0309. The van der Waals surface area contributed by atoms with Crippen molar-refractivity contribution in [3.8, 4) is 0 Å². The van der Waals surface area contributed by atoms with E-state index < -0.39 is 0 Å². The van der Waals surface area contributed by atoms with Gasteiger partial charge in [-0.05, 0) is 53.8 Å². The van der Waals surface area contributed by atoms with Gasteiger partial charge in [0.25, 0.3) is 0 Å². The SMILES string of the molecule is CC(C)(C)C1CC=C2C[C@H](N)CC[C@]2(C)C1C(C)(C)C. The van der Waals surface area contributed by atoms with E-state index >= 15 is 0 Å². The normalized spacial score (nSPS) is 39.2. The molecule has 0 aromatic rings. The Kier molecular flexibility index (Phi) is 3.91. The molecule has 4 atom stereocenters. The predicted molar refractivity (Wildman–Crippen MR) is 88.5 cm³/mol. The molecule has 2 unspecified atom stereocenters. The number of rotatable bonds is 0. The second kappa shape index (κ2) is 4.87. The summed E-state index contributed by atoms with van der Waals surface area (Å²) in [5.41, 5.74) is 9.00. The van der Waals surface area contributed by atoms with Crippen LogP contribution in [0.5, 0.6) is 0 Å². The minimum absolute atomic E-state index is 0.355. The number of fused-ring (bicyclic) bond motifs is 1. The molecule has 0 aliphatic heterocycles. The van der Waals surface area contributed by atoms with Gasteiger partial charge in [0.15, 0.2) is 0 Å². The maximum Gasteiger partial charge on any atom is 0.00766 e. The van der Waals surface area contributed by atoms with Crippen molar-refractivity contribution < 1.29 is 0 Å². The van der Waals surface area contributed by atoms with Crippen molar-refractivity contribution in [1.82, 2.24) is 0 Å². The van der Waals surface area contributed by atoms with Gasteiger partial charge < -0.3 is 5.73 Å². The molecule has 116 valence electrons. The van der Waals surface area contributed by atoms with Gasteiger partial charge in [-0.25, -0.2) is 0 Å². The average molecular weight is 277 g/mol. The van der Waals surface area contributed by atoms with Crippen LogP contribution < -0.4 is 5.73 Å². The Morgan fingerprint density at radius 3 is 2.20 bits per heavy atom. The van der Waals surface area contributed by atoms with Crippen molar-refractivity contribution >= 4 is 0 Å². The van der Waals surface area contributed by atoms with Crippen LogP contribution in [-0.2, 0) is 0 Å². The van der Waals surface area contributed by atoms with E-state index in [0.717, 1.165) is 18.3 Å². The number of nitrogens with two attached hydrogens (primary N) is 1. The standard InChI is InChI=1S/C19H35N/c1-17(2,3)15-9-8-13-12-14(20)10-11-19(13,7)16(15)18(4,5)6/h8,14-16H,9-12,20H2,1-7H3/t14-,15?,16?,19+/m1/s1. The summed E-state index contributed by atoms with van der Waals surface area (Å²) in [7, 11) is 0. The quantitative estimate of drug-likeness (QED) is 0.608. The van der Waals surface area contributed by atoms with E-state index in [1.807, 2.05) is 0 Å². The fourth-order valence-electron chi connectivity index (χ4n) is 5.20. The van der Waals surface area contributed by atoms with Crippen LogP contribution in [0.2, 0.25) is 0 Å². The molecule has 1 nitrogen and oxygen atoms in total. The Balaban J connectivity index is 2.47. The molecule has 2 N–H and O–H groups in total. The molecule has 2 aliphatic rings. The fraction of sp³-hybridized carbons (Fsp3) is 0.895. The minimum Gasteiger partial charge on any atom is -0.327 e. The van der Waals surface area contributed by atoms with Crippen LogP contribution in [-0.4, -0.2) is 6.04 Å². The van der Waals surface area contributed by atoms with Crippen molar-refractivity contribution in [3.05, 3.63) is 11.6 Å². The number of allylic oxidation sites excluding steroid dienone is 1. The van der Waals surface area contributed by atoms with Gasteiger partial charge in [0.1, 0.15) is 0 Å². The van der Waals surface area contributed by atoms with Crippen molar-refractivity contribution in [1.29, 1.82) is 0 Å². The van der Waals surface area contributed by atoms with E-state index in [4.69, 9.17) is 5.73 Å². The summed E-state index contributed by atoms with van der Waals surface area (Å²) in [5, 5.41) is 0. The molecule has 1 fully saturated rings. The molecule has 0 saturated heterocycles.